The van der Waals surface area contributed by atoms with Crippen LogP contribution in [0.2, 0.25) is 0 Å². The molecule has 0 amide bonds. The third-order valence-electron chi connectivity index (χ3n) is 7.01. The summed E-state index contributed by atoms with van der Waals surface area (Å²) >= 11 is 3.81. The van der Waals surface area contributed by atoms with Crippen LogP contribution in [-0.2, 0) is 0 Å². The quantitative estimate of drug-likeness (QED) is 0.231. The summed E-state index contributed by atoms with van der Waals surface area (Å²) in [6.07, 6.45) is 0. The summed E-state index contributed by atoms with van der Waals surface area (Å²) in [5.74, 6) is 0. The van der Waals surface area contributed by atoms with E-state index in [1.807, 2.05) is 22.7 Å². The van der Waals surface area contributed by atoms with E-state index in [-0.39, 0.29) is 0 Å². The zero-order valence-corrected chi connectivity index (χ0v) is 20.4. The Kier molecular flexibility index (Phi) is 4.04. The summed E-state index contributed by atoms with van der Waals surface area (Å²) in [7, 11) is 0. The zero-order valence-electron chi connectivity index (χ0n) is 18.7. The fourth-order valence-corrected chi connectivity index (χ4v) is 8.02. The van der Waals surface area contributed by atoms with E-state index >= 15 is 0 Å². The van der Waals surface area contributed by atoms with Gasteiger partial charge in [0, 0.05) is 46.9 Å². The van der Waals surface area contributed by atoms with E-state index in [1.165, 1.54) is 68.2 Å². The minimum Gasteiger partial charge on any atom is -0.308 e. The SMILES string of the molecule is c1ccc(-n2c3ccccc3c3sc4cccc(-c5cccc6c5sc5ccccc56)c4c32)cc1. The zero-order chi connectivity index (χ0) is 22.9. The van der Waals surface area contributed by atoms with Crippen molar-refractivity contribution in [3.63, 3.8) is 0 Å². The van der Waals surface area contributed by atoms with Crippen LogP contribution >= 0.6 is 22.7 Å². The lowest BCUT2D eigenvalue weighted by molar-refractivity contribution is 1.19. The molecule has 0 radical (unpaired) electrons. The second kappa shape index (κ2) is 7.29. The minimum absolute atomic E-state index is 1.20. The highest BCUT2D eigenvalue weighted by Crippen LogP contribution is 2.48. The number of benzene rings is 5. The van der Waals surface area contributed by atoms with Crippen molar-refractivity contribution in [3.05, 3.63) is 115 Å². The van der Waals surface area contributed by atoms with Gasteiger partial charge in [0.05, 0.1) is 15.7 Å². The molecule has 0 atom stereocenters. The average molecular weight is 482 g/mol. The summed E-state index contributed by atoms with van der Waals surface area (Å²) in [6.45, 7) is 0. The van der Waals surface area contributed by atoms with E-state index in [0.717, 1.165) is 0 Å². The smallest absolute Gasteiger partial charge is 0.0734 e. The number of aromatic nitrogens is 1. The first-order valence-electron chi connectivity index (χ1n) is 11.8. The Morgan fingerprint density at radius 1 is 0.457 bits per heavy atom. The molecule has 0 saturated carbocycles. The van der Waals surface area contributed by atoms with Gasteiger partial charge in [-0.3, -0.25) is 0 Å². The number of fused-ring (bicyclic) bond motifs is 8. The number of nitrogens with zero attached hydrogens (tertiary/aromatic N) is 1. The van der Waals surface area contributed by atoms with Crippen LogP contribution in [0.3, 0.4) is 0 Å². The maximum Gasteiger partial charge on any atom is 0.0734 e. The van der Waals surface area contributed by atoms with Gasteiger partial charge in [-0.05, 0) is 35.9 Å². The lowest BCUT2D eigenvalue weighted by Gasteiger charge is -2.10. The van der Waals surface area contributed by atoms with Gasteiger partial charge in [0.2, 0.25) is 0 Å². The Hall–Kier alpha value is -3.92. The van der Waals surface area contributed by atoms with Crippen molar-refractivity contribution in [1.82, 2.24) is 4.57 Å². The molecule has 164 valence electrons. The van der Waals surface area contributed by atoms with Crippen LogP contribution in [0, 0.1) is 0 Å². The Morgan fingerprint density at radius 2 is 1.11 bits per heavy atom. The van der Waals surface area contributed by atoms with Gasteiger partial charge < -0.3 is 4.57 Å². The van der Waals surface area contributed by atoms with Gasteiger partial charge in [0.25, 0.3) is 0 Å². The predicted octanol–water partition coefficient (Wildman–Crippen LogP) is 10.0. The number of para-hydroxylation sites is 2. The summed E-state index contributed by atoms with van der Waals surface area (Å²) in [5, 5.41) is 5.35. The first kappa shape index (κ1) is 19.4. The molecular formula is C32H19NS2. The molecule has 8 rings (SSSR count). The molecule has 0 N–H and O–H groups in total. The van der Waals surface area contributed by atoms with Crippen LogP contribution in [0.15, 0.2) is 115 Å². The van der Waals surface area contributed by atoms with E-state index in [4.69, 9.17) is 0 Å². The molecule has 0 aliphatic rings. The van der Waals surface area contributed by atoms with Crippen LogP contribution in [0.25, 0.3) is 68.2 Å². The molecule has 3 aromatic heterocycles. The largest absolute Gasteiger partial charge is 0.308 e. The maximum atomic E-state index is 2.46. The lowest BCUT2D eigenvalue weighted by Crippen LogP contribution is -1.93. The van der Waals surface area contributed by atoms with Crippen molar-refractivity contribution in [2.45, 2.75) is 0 Å². The van der Waals surface area contributed by atoms with Crippen LogP contribution < -0.4 is 0 Å². The second-order valence-electron chi connectivity index (χ2n) is 8.93. The Morgan fingerprint density at radius 3 is 2.03 bits per heavy atom. The maximum absolute atomic E-state index is 2.46. The molecule has 1 nitrogen and oxygen atoms in total. The summed E-state index contributed by atoms with van der Waals surface area (Å²) in [4.78, 5) is 0. The molecule has 0 spiro atoms. The summed E-state index contributed by atoms with van der Waals surface area (Å²) in [5.41, 5.74) is 6.40. The fraction of sp³-hybridized carbons (Fsp3) is 0. The first-order valence-corrected chi connectivity index (χ1v) is 13.4. The molecule has 35 heavy (non-hydrogen) atoms. The lowest BCUT2D eigenvalue weighted by atomic mass is 9.99. The normalized spacial score (nSPS) is 12.0. The molecular weight excluding hydrogens is 462 g/mol. The van der Waals surface area contributed by atoms with Crippen LogP contribution in [0.5, 0.6) is 0 Å². The Balaban J connectivity index is 1.56. The minimum atomic E-state index is 1.20. The van der Waals surface area contributed by atoms with Gasteiger partial charge in [0.15, 0.2) is 0 Å². The van der Waals surface area contributed by atoms with Gasteiger partial charge in [-0.15, -0.1) is 22.7 Å². The van der Waals surface area contributed by atoms with E-state index in [0.29, 0.717) is 0 Å². The van der Waals surface area contributed by atoms with Crippen LogP contribution in [0.1, 0.15) is 0 Å². The average Bonchev–Trinajstić information content (AvgIpc) is 3.58. The highest BCUT2D eigenvalue weighted by atomic mass is 32.1. The molecule has 0 unspecified atom stereocenters. The standard InChI is InChI=1S/C32H19NS2/c1-2-10-20(11-3-1)33-26-17-6-4-13-25(26)32-30(33)29-22(14-9-19-28(29)35-32)24-16-8-15-23-21-12-5-7-18-27(21)34-31(23)24/h1-19H. The number of thiophene rings is 2. The van der Waals surface area contributed by atoms with Gasteiger partial charge in [-0.1, -0.05) is 84.9 Å². The van der Waals surface area contributed by atoms with Crippen molar-refractivity contribution >= 4 is 74.1 Å². The molecule has 0 aliphatic carbocycles. The highest BCUT2D eigenvalue weighted by molar-refractivity contribution is 7.27. The van der Waals surface area contributed by atoms with Crippen LogP contribution in [0.4, 0.5) is 0 Å². The molecule has 0 bridgehead atoms. The highest BCUT2D eigenvalue weighted by Gasteiger charge is 2.21. The Bertz CT molecular complexity index is 2050. The van der Waals surface area contributed by atoms with Gasteiger partial charge >= 0.3 is 0 Å². The molecule has 3 heteroatoms. The summed E-state index contributed by atoms with van der Waals surface area (Å²) in [6, 6.07) is 41.9. The molecule has 0 fully saturated rings. The first-order chi connectivity index (χ1) is 17.4. The molecule has 3 heterocycles. The Labute approximate surface area is 210 Å². The van der Waals surface area contributed by atoms with Gasteiger partial charge in [-0.2, -0.15) is 0 Å². The molecule has 8 aromatic rings. The molecule has 0 aliphatic heterocycles. The number of hydrogen-bond acceptors (Lipinski definition) is 2. The van der Waals surface area contributed by atoms with Crippen molar-refractivity contribution in [1.29, 1.82) is 0 Å². The predicted molar refractivity (Wildman–Crippen MR) is 154 cm³/mol. The number of hydrogen-bond donors (Lipinski definition) is 0. The topological polar surface area (TPSA) is 4.93 Å². The third-order valence-corrected chi connectivity index (χ3v) is 9.41. The van der Waals surface area contributed by atoms with Crippen molar-refractivity contribution in [2.75, 3.05) is 0 Å². The van der Waals surface area contributed by atoms with Gasteiger partial charge in [-0.25, -0.2) is 0 Å². The van der Waals surface area contributed by atoms with Crippen molar-refractivity contribution < 1.29 is 0 Å². The van der Waals surface area contributed by atoms with Gasteiger partial charge in [0.1, 0.15) is 0 Å². The van der Waals surface area contributed by atoms with Crippen LogP contribution in [-0.4, -0.2) is 4.57 Å². The summed E-state index contributed by atoms with van der Waals surface area (Å²) < 4.78 is 7.85. The number of rotatable bonds is 2. The molecule has 0 saturated heterocycles. The monoisotopic (exact) mass is 481 g/mol. The van der Waals surface area contributed by atoms with Crippen molar-refractivity contribution in [2.24, 2.45) is 0 Å². The fourth-order valence-electron chi connectivity index (χ4n) is 5.54. The second-order valence-corrected chi connectivity index (χ2v) is 11.0. The van der Waals surface area contributed by atoms with E-state index < -0.39 is 0 Å². The third kappa shape index (κ3) is 2.68. The van der Waals surface area contributed by atoms with E-state index in [2.05, 4.69) is 120 Å². The molecule has 5 aromatic carbocycles. The van der Waals surface area contributed by atoms with E-state index in [9.17, 15) is 0 Å². The van der Waals surface area contributed by atoms with E-state index in [1.54, 1.807) is 0 Å². The van der Waals surface area contributed by atoms with Crippen molar-refractivity contribution in [3.8, 4) is 16.8 Å².